The van der Waals surface area contributed by atoms with Crippen molar-refractivity contribution in [1.29, 1.82) is 0 Å². The number of methoxy groups -OCH3 is 2. The lowest BCUT2D eigenvalue weighted by Gasteiger charge is -2.18. The average molecular weight is 961 g/mol. The molecule has 71 heavy (non-hydrogen) atoms. The van der Waals surface area contributed by atoms with Gasteiger partial charge in [0.2, 0.25) is 23.7 Å². The van der Waals surface area contributed by atoms with E-state index in [2.05, 4.69) is 64.6 Å². The Labute approximate surface area is 411 Å². The summed E-state index contributed by atoms with van der Waals surface area (Å²) >= 11 is 0. The summed E-state index contributed by atoms with van der Waals surface area (Å²) in [6.07, 6.45) is 9.38. The van der Waals surface area contributed by atoms with Crippen LogP contribution in [-0.2, 0) is 16.6 Å². The molecule has 5 heterocycles. The maximum atomic E-state index is 12.1. The van der Waals surface area contributed by atoms with Crippen LogP contribution in [0.1, 0.15) is 0 Å². The minimum absolute atomic E-state index is 0.350. The number of benzene rings is 3. The summed E-state index contributed by atoms with van der Waals surface area (Å²) in [6, 6.07) is 24.3. The number of carbonyl (C=O) groups excluding carboxylic acids is 2. The van der Waals surface area contributed by atoms with Gasteiger partial charge in [0, 0.05) is 61.8 Å². The van der Waals surface area contributed by atoms with Crippen molar-refractivity contribution in [3.8, 4) is 45.6 Å². The first-order chi connectivity index (χ1) is 34.4. The van der Waals surface area contributed by atoms with E-state index in [1.165, 1.54) is 12.2 Å². The van der Waals surface area contributed by atoms with Crippen LogP contribution in [0.3, 0.4) is 0 Å². The molecular weight excluding hydrogens is 905 g/mol. The van der Waals surface area contributed by atoms with E-state index in [9.17, 15) is 9.59 Å². The molecule has 2 amide bonds. The van der Waals surface area contributed by atoms with Gasteiger partial charge in [-0.05, 0) is 82.8 Å². The summed E-state index contributed by atoms with van der Waals surface area (Å²) in [5.41, 5.74) is 7.02. The topological polar surface area (TPSA) is 212 Å². The van der Waals surface area contributed by atoms with E-state index in [0.717, 1.165) is 27.7 Å². The molecule has 366 valence electrons. The molecular formula is C51H56N14O6. The number of aryl methyl sites for hydroxylation is 1. The second-order valence-corrected chi connectivity index (χ2v) is 16.1. The molecule has 8 rings (SSSR count). The molecule has 0 unspecified atom stereocenters. The Morgan fingerprint density at radius 1 is 0.662 bits per heavy atom. The molecule has 20 nitrogen and oxygen atoms in total. The number of nitrogens with one attached hydrogen (secondary N) is 4. The first-order valence-electron chi connectivity index (χ1n) is 22.3. The number of hydrogen-bond donors (Lipinski definition) is 4. The average Bonchev–Trinajstić information content (AvgIpc) is 3.96. The Kier molecular flexibility index (Phi) is 16.5. The van der Waals surface area contributed by atoms with Crippen molar-refractivity contribution in [1.82, 2.24) is 49.1 Å². The number of likely N-dealkylation sites (N-methyl/N-ethyl adjacent to an activating group) is 2. The predicted octanol–water partition coefficient (Wildman–Crippen LogP) is 7.46. The fourth-order valence-electron chi connectivity index (χ4n) is 7.03. The molecule has 0 spiro atoms. The number of ether oxygens (including phenoxy) is 4. The standard InChI is InChI=1S/C26H29N7O3.C25H27N7O3/c1-6-24(34)28-20-15-19(22(35-5)16-23(20)36-14-13-32(2)3)30-26-27-12-11-18(29-26)25-17-9-7-8-10-21(17)33(4)31-25;1-5-24(33)28-20-14-19(22(34-4)15-23(20)35-13-12-31(2)3)30-25-26-10-9-18(29-25)17-16-27-32-11-7-6-8-21(17)32/h6-12,15-16H,1,13-14H2,2-5H3,(H,28,34)(H,27,29,30);5-11,14-16H,1,12-13H2,2-4H3,(H,28,33)(H,26,29,30). The van der Waals surface area contributed by atoms with Crippen molar-refractivity contribution in [3.05, 3.63) is 129 Å². The smallest absolute Gasteiger partial charge is 0.247 e. The van der Waals surface area contributed by atoms with Gasteiger partial charge in [-0.2, -0.15) is 10.2 Å². The van der Waals surface area contributed by atoms with Gasteiger partial charge in [-0.25, -0.2) is 24.5 Å². The molecule has 0 fully saturated rings. The normalized spacial score (nSPS) is 10.9. The second kappa shape index (κ2) is 23.4. The van der Waals surface area contributed by atoms with Gasteiger partial charge in [-0.3, -0.25) is 14.3 Å². The van der Waals surface area contributed by atoms with Crippen molar-refractivity contribution >= 4 is 62.9 Å². The highest BCUT2D eigenvalue weighted by molar-refractivity contribution is 6.01. The number of pyridine rings is 1. The lowest BCUT2D eigenvalue weighted by Crippen LogP contribution is -2.20. The van der Waals surface area contributed by atoms with Crippen LogP contribution in [-0.4, -0.2) is 130 Å². The largest absolute Gasteiger partial charge is 0.494 e. The lowest BCUT2D eigenvalue weighted by molar-refractivity contribution is -0.112. The fourth-order valence-corrected chi connectivity index (χ4v) is 7.03. The zero-order valence-electron chi connectivity index (χ0n) is 40.6. The first-order valence-corrected chi connectivity index (χ1v) is 22.3. The van der Waals surface area contributed by atoms with Crippen LogP contribution in [0, 0.1) is 0 Å². The quantitative estimate of drug-likeness (QED) is 0.0546. The third kappa shape index (κ3) is 12.6. The Morgan fingerprint density at radius 2 is 1.18 bits per heavy atom. The SMILES string of the molecule is C=CC(=O)Nc1cc(Nc2nccc(-c3cnn4ccccc34)n2)c(OC)cc1OCCN(C)C.C=CC(=O)Nc1cc(Nc2nccc(-c3nn(C)c4ccccc34)n2)c(OC)cc1OCCN(C)C. The molecule has 0 atom stereocenters. The van der Waals surface area contributed by atoms with E-state index in [1.54, 1.807) is 61.6 Å². The maximum absolute atomic E-state index is 12.1. The summed E-state index contributed by atoms with van der Waals surface area (Å²) in [5, 5.41) is 22.0. The molecule has 0 aliphatic rings. The molecule has 0 bridgehead atoms. The minimum atomic E-state index is -0.358. The first kappa shape index (κ1) is 50.0. The van der Waals surface area contributed by atoms with Gasteiger partial charge in [-0.15, -0.1) is 0 Å². The monoisotopic (exact) mass is 960 g/mol. The Balaban J connectivity index is 0.000000209. The fraction of sp³-hybridized carbons (Fsp3) is 0.216. The van der Waals surface area contributed by atoms with Gasteiger partial charge in [0.15, 0.2) is 0 Å². The highest BCUT2D eigenvalue weighted by Gasteiger charge is 2.19. The van der Waals surface area contributed by atoms with Crippen molar-refractivity contribution < 1.29 is 28.5 Å². The number of hydrogen-bond acceptors (Lipinski definition) is 16. The minimum Gasteiger partial charge on any atom is -0.494 e. The number of fused-ring (bicyclic) bond motifs is 2. The lowest BCUT2D eigenvalue weighted by atomic mass is 10.1. The highest BCUT2D eigenvalue weighted by Crippen LogP contribution is 2.40. The zero-order chi connectivity index (χ0) is 50.4. The Morgan fingerprint density at radius 3 is 1.73 bits per heavy atom. The van der Waals surface area contributed by atoms with Gasteiger partial charge in [0.25, 0.3) is 0 Å². The molecule has 4 N–H and O–H groups in total. The van der Waals surface area contributed by atoms with Crippen molar-refractivity contribution in [2.24, 2.45) is 7.05 Å². The molecule has 0 saturated heterocycles. The summed E-state index contributed by atoms with van der Waals surface area (Å²) in [5.74, 6) is 1.96. The van der Waals surface area contributed by atoms with Crippen LogP contribution in [0.4, 0.5) is 34.6 Å². The van der Waals surface area contributed by atoms with Gasteiger partial charge in [0.05, 0.1) is 65.6 Å². The van der Waals surface area contributed by atoms with Crippen LogP contribution in [0.25, 0.3) is 39.1 Å². The number of carbonyl (C=O) groups is 2. The van der Waals surface area contributed by atoms with Crippen LogP contribution >= 0.6 is 0 Å². The van der Waals surface area contributed by atoms with Crippen molar-refractivity contribution in [3.63, 3.8) is 0 Å². The number of aromatic nitrogens is 8. The molecule has 0 aliphatic heterocycles. The van der Waals surface area contributed by atoms with Crippen LogP contribution in [0.5, 0.6) is 23.0 Å². The Hall–Kier alpha value is -8.88. The summed E-state index contributed by atoms with van der Waals surface area (Å²) in [7, 11) is 12.8. The Bertz CT molecular complexity index is 3170. The zero-order valence-corrected chi connectivity index (χ0v) is 40.6. The number of rotatable bonds is 20. The number of para-hydroxylation sites is 1. The number of anilines is 6. The number of amides is 2. The second-order valence-electron chi connectivity index (χ2n) is 16.1. The van der Waals surface area contributed by atoms with E-state index in [0.29, 0.717) is 95.3 Å². The molecule has 0 saturated carbocycles. The van der Waals surface area contributed by atoms with E-state index in [-0.39, 0.29) is 11.8 Å². The van der Waals surface area contributed by atoms with Gasteiger partial charge < -0.3 is 50.0 Å². The molecule has 8 aromatic rings. The van der Waals surface area contributed by atoms with Crippen LogP contribution in [0.2, 0.25) is 0 Å². The van der Waals surface area contributed by atoms with Crippen LogP contribution in [0.15, 0.2) is 129 Å². The highest BCUT2D eigenvalue weighted by atomic mass is 16.5. The van der Waals surface area contributed by atoms with Crippen molar-refractivity contribution in [2.75, 3.05) is 90.0 Å². The maximum Gasteiger partial charge on any atom is 0.247 e. The molecule has 20 heteroatoms. The van der Waals surface area contributed by atoms with Gasteiger partial charge in [-0.1, -0.05) is 37.4 Å². The van der Waals surface area contributed by atoms with Gasteiger partial charge >= 0.3 is 0 Å². The molecule has 3 aromatic carbocycles. The molecule has 5 aromatic heterocycles. The van der Waals surface area contributed by atoms with E-state index >= 15 is 0 Å². The van der Waals surface area contributed by atoms with E-state index in [4.69, 9.17) is 18.9 Å². The third-order valence-corrected chi connectivity index (χ3v) is 10.6. The van der Waals surface area contributed by atoms with E-state index < -0.39 is 0 Å². The van der Waals surface area contributed by atoms with Crippen molar-refractivity contribution in [2.45, 2.75) is 0 Å². The number of nitrogens with zero attached hydrogens (tertiary/aromatic N) is 10. The third-order valence-electron chi connectivity index (χ3n) is 10.6. The van der Waals surface area contributed by atoms with Gasteiger partial charge in [0.1, 0.15) is 41.9 Å². The summed E-state index contributed by atoms with van der Waals surface area (Å²) in [4.78, 5) is 46.2. The summed E-state index contributed by atoms with van der Waals surface area (Å²) < 4.78 is 26.6. The van der Waals surface area contributed by atoms with Crippen LogP contribution < -0.4 is 40.2 Å². The molecule has 0 aliphatic carbocycles. The predicted molar refractivity (Wildman–Crippen MR) is 276 cm³/mol. The molecule has 0 radical (unpaired) electrons. The summed E-state index contributed by atoms with van der Waals surface area (Å²) in [6.45, 7) is 9.34. The van der Waals surface area contributed by atoms with E-state index in [1.807, 2.05) is 111 Å².